The highest BCUT2D eigenvalue weighted by atomic mass is 19.1. The molecule has 0 aliphatic heterocycles. The van der Waals surface area contributed by atoms with Gasteiger partial charge in [0, 0.05) is 11.9 Å². The van der Waals surface area contributed by atoms with Crippen LogP contribution >= 0.6 is 0 Å². The number of fused-ring (bicyclic) bond motifs is 1. The minimum Gasteiger partial charge on any atom is -0.369 e. The summed E-state index contributed by atoms with van der Waals surface area (Å²) in [6, 6.07) is 4.60. The Hall–Kier alpha value is -1.71. The zero-order chi connectivity index (χ0) is 12.6. The fraction of sp³-hybridized carbons (Fsp3) is 0.429. The predicted molar refractivity (Wildman–Crippen MR) is 69.9 cm³/mol. The number of rotatable bonds is 4. The van der Waals surface area contributed by atoms with Crippen molar-refractivity contribution in [1.82, 2.24) is 9.97 Å². The smallest absolute Gasteiger partial charge is 0.137 e. The standard InChI is InChI=1S/C14H16FN3/c1-2-14(5-6-14)8-16-13-11-7-10(15)3-4-12(11)17-9-18-13/h3-4,7,9H,2,5-6,8H2,1H3,(H,16,17,18). The first kappa shape index (κ1) is 11.4. The van der Waals surface area contributed by atoms with Gasteiger partial charge in [-0.1, -0.05) is 6.92 Å². The van der Waals surface area contributed by atoms with E-state index in [0.29, 0.717) is 5.41 Å². The average Bonchev–Trinajstić information content (AvgIpc) is 3.17. The second-order valence-electron chi connectivity index (χ2n) is 5.09. The van der Waals surface area contributed by atoms with Gasteiger partial charge in [0.05, 0.1) is 5.52 Å². The van der Waals surface area contributed by atoms with Crippen LogP contribution in [-0.2, 0) is 0 Å². The molecule has 1 saturated carbocycles. The Labute approximate surface area is 105 Å². The highest BCUT2D eigenvalue weighted by Crippen LogP contribution is 2.48. The van der Waals surface area contributed by atoms with Crippen molar-refractivity contribution in [3.8, 4) is 0 Å². The summed E-state index contributed by atoms with van der Waals surface area (Å²) in [5, 5.41) is 4.10. The molecular formula is C14H16FN3. The van der Waals surface area contributed by atoms with E-state index in [1.807, 2.05) is 0 Å². The van der Waals surface area contributed by atoms with Crippen LogP contribution in [-0.4, -0.2) is 16.5 Å². The van der Waals surface area contributed by atoms with Crippen LogP contribution in [0, 0.1) is 11.2 Å². The van der Waals surface area contributed by atoms with E-state index in [1.54, 1.807) is 6.07 Å². The molecule has 0 unspecified atom stereocenters. The summed E-state index contributed by atoms with van der Waals surface area (Å²) in [5.74, 6) is 0.483. The van der Waals surface area contributed by atoms with E-state index in [9.17, 15) is 4.39 Å². The third-order valence-corrected chi connectivity index (χ3v) is 3.94. The van der Waals surface area contributed by atoms with Crippen LogP contribution in [0.1, 0.15) is 26.2 Å². The fourth-order valence-electron chi connectivity index (χ4n) is 2.27. The number of nitrogens with one attached hydrogen (secondary N) is 1. The van der Waals surface area contributed by atoms with E-state index in [-0.39, 0.29) is 5.82 Å². The van der Waals surface area contributed by atoms with E-state index in [0.717, 1.165) is 23.3 Å². The third kappa shape index (κ3) is 2.03. The van der Waals surface area contributed by atoms with Crippen molar-refractivity contribution in [2.45, 2.75) is 26.2 Å². The van der Waals surface area contributed by atoms with Crippen molar-refractivity contribution >= 4 is 16.7 Å². The van der Waals surface area contributed by atoms with Gasteiger partial charge in [0.1, 0.15) is 18.0 Å². The number of nitrogens with zero attached hydrogens (tertiary/aromatic N) is 2. The molecule has 0 atom stereocenters. The van der Waals surface area contributed by atoms with Crippen molar-refractivity contribution in [1.29, 1.82) is 0 Å². The van der Waals surface area contributed by atoms with Gasteiger partial charge in [-0.3, -0.25) is 0 Å². The zero-order valence-corrected chi connectivity index (χ0v) is 10.4. The van der Waals surface area contributed by atoms with E-state index in [4.69, 9.17) is 0 Å². The number of anilines is 1. The molecule has 1 aliphatic carbocycles. The van der Waals surface area contributed by atoms with Gasteiger partial charge in [-0.25, -0.2) is 14.4 Å². The second kappa shape index (κ2) is 4.19. The van der Waals surface area contributed by atoms with Crippen LogP contribution in [0.2, 0.25) is 0 Å². The molecule has 0 bridgehead atoms. The highest BCUT2D eigenvalue weighted by Gasteiger charge is 2.40. The van der Waals surface area contributed by atoms with Crippen LogP contribution in [0.3, 0.4) is 0 Å². The number of aromatic nitrogens is 2. The van der Waals surface area contributed by atoms with Crippen molar-refractivity contribution < 1.29 is 4.39 Å². The van der Waals surface area contributed by atoms with Crippen LogP contribution in [0.15, 0.2) is 24.5 Å². The van der Waals surface area contributed by atoms with Crippen molar-refractivity contribution in [2.75, 3.05) is 11.9 Å². The monoisotopic (exact) mass is 245 g/mol. The molecule has 3 rings (SSSR count). The van der Waals surface area contributed by atoms with E-state index < -0.39 is 0 Å². The Kier molecular flexibility index (Phi) is 2.65. The third-order valence-electron chi connectivity index (χ3n) is 3.94. The molecule has 0 saturated heterocycles. The van der Waals surface area contributed by atoms with Crippen LogP contribution in [0.4, 0.5) is 10.2 Å². The fourth-order valence-corrected chi connectivity index (χ4v) is 2.27. The molecule has 0 amide bonds. The van der Waals surface area contributed by atoms with Crippen LogP contribution in [0.25, 0.3) is 10.9 Å². The molecule has 0 spiro atoms. The van der Waals surface area contributed by atoms with Crippen molar-refractivity contribution in [3.63, 3.8) is 0 Å². The Morgan fingerprint density at radius 2 is 2.17 bits per heavy atom. The van der Waals surface area contributed by atoms with Gasteiger partial charge in [-0.05, 0) is 42.9 Å². The molecule has 3 nitrogen and oxygen atoms in total. The summed E-state index contributed by atoms with van der Waals surface area (Å²) in [7, 11) is 0. The van der Waals surface area contributed by atoms with Crippen molar-refractivity contribution in [3.05, 3.63) is 30.3 Å². The molecule has 1 aromatic carbocycles. The molecule has 1 heterocycles. The first-order valence-electron chi connectivity index (χ1n) is 6.37. The molecule has 2 aromatic rings. The van der Waals surface area contributed by atoms with Crippen molar-refractivity contribution in [2.24, 2.45) is 5.41 Å². The largest absolute Gasteiger partial charge is 0.369 e. The highest BCUT2D eigenvalue weighted by molar-refractivity contribution is 5.88. The lowest BCUT2D eigenvalue weighted by atomic mass is 10.0. The summed E-state index contributed by atoms with van der Waals surface area (Å²) < 4.78 is 13.3. The first-order valence-corrected chi connectivity index (χ1v) is 6.37. The quantitative estimate of drug-likeness (QED) is 0.897. The molecule has 1 aromatic heterocycles. The number of hydrogen-bond donors (Lipinski definition) is 1. The maximum Gasteiger partial charge on any atom is 0.137 e. The minimum absolute atomic E-state index is 0.253. The molecule has 1 N–H and O–H groups in total. The first-order chi connectivity index (χ1) is 8.72. The summed E-state index contributed by atoms with van der Waals surface area (Å²) in [6.45, 7) is 3.12. The Morgan fingerprint density at radius 1 is 1.33 bits per heavy atom. The Bertz CT molecular complexity index is 578. The Balaban J connectivity index is 1.89. The van der Waals surface area contributed by atoms with Gasteiger partial charge in [0.25, 0.3) is 0 Å². The molecule has 0 radical (unpaired) electrons. The average molecular weight is 245 g/mol. The second-order valence-corrected chi connectivity index (χ2v) is 5.09. The van der Waals surface area contributed by atoms with Gasteiger partial charge in [-0.2, -0.15) is 0 Å². The summed E-state index contributed by atoms with van der Waals surface area (Å²) in [4.78, 5) is 8.37. The predicted octanol–water partition coefficient (Wildman–Crippen LogP) is 3.37. The van der Waals surface area contributed by atoms with Gasteiger partial charge in [0.2, 0.25) is 0 Å². The lowest BCUT2D eigenvalue weighted by molar-refractivity contribution is 0.521. The van der Waals surface area contributed by atoms with Crippen LogP contribution in [0.5, 0.6) is 0 Å². The number of benzene rings is 1. The molecular weight excluding hydrogens is 229 g/mol. The topological polar surface area (TPSA) is 37.8 Å². The zero-order valence-electron chi connectivity index (χ0n) is 10.4. The maximum absolute atomic E-state index is 13.3. The number of hydrogen-bond acceptors (Lipinski definition) is 3. The molecule has 1 fully saturated rings. The Morgan fingerprint density at radius 3 is 2.89 bits per heavy atom. The molecule has 4 heteroatoms. The normalized spacial score (nSPS) is 16.8. The van der Waals surface area contributed by atoms with Gasteiger partial charge >= 0.3 is 0 Å². The minimum atomic E-state index is -0.253. The van der Waals surface area contributed by atoms with Gasteiger partial charge in [0.15, 0.2) is 0 Å². The van der Waals surface area contributed by atoms with E-state index >= 15 is 0 Å². The van der Waals surface area contributed by atoms with Gasteiger partial charge in [-0.15, -0.1) is 0 Å². The summed E-state index contributed by atoms with van der Waals surface area (Å²) in [6.07, 6.45) is 5.24. The van der Waals surface area contributed by atoms with Crippen LogP contribution < -0.4 is 5.32 Å². The molecule has 1 aliphatic rings. The summed E-state index contributed by atoms with van der Waals surface area (Å²) in [5.41, 5.74) is 1.21. The maximum atomic E-state index is 13.3. The van der Waals surface area contributed by atoms with E-state index in [2.05, 4.69) is 22.2 Å². The lowest BCUT2D eigenvalue weighted by Gasteiger charge is -2.14. The lowest BCUT2D eigenvalue weighted by Crippen LogP contribution is -2.15. The summed E-state index contributed by atoms with van der Waals surface area (Å²) >= 11 is 0. The SMILES string of the molecule is CCC1(CNc2ncnc3ccc(F)cc23)CC1. The number of halogens is 1. The van der Waals surface area contributed by atoms with Gasteiger partial charge < -0.3 is 5.32 Å². The molecule has 94 valence electrons. The molecule has 18 heavy (non-hydrogen) atoms. The van der Waals surface area contributed by atoms with E-state index in [1.165, 1.54) is 37.7 Å².